The molecular formula is C19H14Cl2N2S2. The third-order valence-electron chi connectivity index (χ3n) is 3.27. The molecule has 6 heteroatoms. The van der Waals surface area contributed by atoms with Gasteiger partial charge in [0.25, 0.3) is 0 Å². The summed E-state index contributed by atoms with van der Waals surface area (Å²) in [6.45, 7) is 0. The molecule has 0 saturated carbocycles. The van der Waals surface area contributed by atoms with E-state index in [0.717, 1.165) is 10.6 Å². The van der Waals surface area contributed by atoms with E-state index < -0.39 is 0 Å². The molecule has 2 N–H and O–H groups in total. The van der Waals surface area contributed by atoms with E-state index >= 15 is 0 Å². The second kappa shape index (κ2) is 8.59. The van der Waals surface area contributed by atoms with Crippen molar-refractivity contribution in [2.45, 2.75) is 9.79 Å². The highest BCUT2D eigenvalue weighted by Crippen LogP contribution is 2.28. The molecule has 0 radical (unpaired) electrons. The van der Waals surface area contributed by atoms with Gasteiger partial charge in [0.2, 0.25) is 0 Å². The monoisotopic (exact) mass is 404 g/mol. The van der Waals surface area contributed by atoms with Crippen molar-refractivity contribution in [3.05, 3.63) is 82.8 Å². The van der Waals surface area contributed by atoms with Gasteiger partial charge in [-0.3, -0.25) is 0 Å². The van der Waals surface area contributed by atoms with E-state index in [1.54, 1.807) is 30.0 Å². The molecule has 3 rings (SSSR count). The Morgan fingerprint density at radius 3 is 2.16 bits per heavy atom. The van der Waals surface area contributed by atoms with Crippen LogP contribution in [0, 0.1) is 0 Å². The number of halogens is 2. The fourth-order valence-electron chi connectivity index (χ4n) is 2.11. The smallest absolute Gasteiger partial charge is 0.175 e. The summed E-state index contributed by atoms with van der Waals surface area (Å²) in [5.74, 6) is 0. The lowest BCUT2D eigenvalue weighted by molar-refractivity contribution is 1.40. The Kier molecular flexibility index (Phi) is 6.21. The van der Waals surface area contributed by atoms with Gasteiger partial charge in [-0.2, -0.15) is 0 Å². The number of thiocarbonyl (C=S) groups is 1. The first-order chi connectivity index (χ1) is 12.1. The van der Waals surface area contributed by atoms with Gasteiger partial charge in [0, 0.05) is 20.5 Å². The first-order valence-corrected chi connectivity index (χ1v) is 9.44. The van der Waals surface area contributed by atoms with Gasteiger partial charge in [0.05, 0.1) is 10.7 Å². The zero-order valence-electron chi connectivity index (χ0n) is 13.0. The lowest BCUT2D eigenvalue weighted by Gasteiger charge is -2.12. The largest absolute Gasteiger partial charge is 0.332 e. The van der Waals surface area contributed by atoms with Gasteiger partial charge < -0.3 is 10.6 Å². The molecule has 3 aromatic rings. The van der Waals surface area contributed by atoms with Crippen LogP contribution in [0.25, 0.3) is 0 Å². The van der Waals surface area contributed by atoms with Crippen molar-refractivity contribution in [2.75, 3.05) is 10.6 Å². The van der Waals surface area contributed by atoms with E-state index in [1.807, 2.05) is 30.3 Å². The molecule has 0 saturated heterocycles. The summed E-state index contributed by atoms with van der Waals surface area (Å²) in [6.07, 6.45) is 0. The van der Waals surface area contributed by atoms with Crippen LogP contribution in [-0.2, 0) is 0 Å². The highest BCUT2D eigenvalue weighted by molar-refractivity contribution is 7.99. The number of hydrogen-bond acceptors (Lipinski definition) is 2. The summed E-state index contributed by atoms with van der Waals surface area (Å²) in [4.78, 5) is 2.37. The maximum Gasteiger partial charge on any atom is 0.175 e. The second-order valence-electron chi connectivity index (χ2n) is 5.14. The average Bonchev–Trinajstić information content (AvgIpc) is 2.60. The minimum Gasteiger partial charge on any atom is -0.332 e. The zero-order chi connectivity index (χ0) is 17.6. The first-order valence-electron chi connectivity index (χ1n) is 7.46. The molecule has 25 heavy (non-hydrogen) atoms. The van der Waals surface area contributed by atoms with Crippen LogP contribution in [0.2, 0.25) is 10.0 Å². The van der Waals surface area contributed by atoms with E-state index in [4.69, 9.17) is 35.4 Å². The van der Waals surface area contributed by atoms with Crippen LogP contribution in [0.4, 0.5) is 11.4 Å². The van der Waals surface area contributed by atoms with Crippen LogP contribution in [0.15, 0.2) is 82.6 Å². The van der Waals surface area contributed by atoms with Crippen LogP contribution in [0.5, 0.6) is 0 Å². The molecule has 0 heterocycles. The fourth-order valence-corrected chi connectivity index (χ4v) is 3.63. The van der Waals surface area contributed by atoms with Gasteiger partial charge in [-0.05, 0) is 66.8 Å². The van der Waals surface area contributed by atoms with Gasteiger partial charge in [-0.15, -0.1) is 0 Å². The van der Waals surface area contributed by atoms with Crippen molar-refractivity contribution in [1.82, 2.24) is 0 Å². The highest BCUT2D eigenvalue weighted by Gasteiger charge is 2.04. The molecule has 2 nitrogen and oxygen atoms in total. The van der Waals surface area contributed by atoms with Crippen LogP contribution in [-0.4, -0.2) is 5.11 Å². The molecule has 0 spiro atoms. The van der Waals surface area contributed by atoms with Gasteiger partial charge in [0.15, 0.2) is 5.11 Å². The number of benzene rings is 3. The number of hydrogen-bond donors (Lipinski definition) is 2. The minimum atomic E-state index is 0.465. The molecule has 3 aromatic carbocycles. The topological polar surface area (TPSA) is 24.1 Å². The summed E-state index contributed by atoms with van der Waals surface area (Å²) in [6, 6.07) is 23.6. The van der Waals surface area contributed by atoms with Crippen molar-refractivity contribution in [1.29, 1.82) is 0 Å². The molecule has 0 amide bonds. The quantitative estimate of drug-likeness (QED) is 0.459. The van der Waals surface area contributed by atoms with Crippen LogP contribution in [0.1, 0.15) is 0 Å². The van der Waals surface area contributed by atoms with Gasteiger partial charge in [-0.1, -0.05) is 53.2 Å². The summed E-state index contributed by atoms with van der Waals surface area (Å²) in [5, 5.41) is 7.78. The number of nitrogens with one attached hydrogen (secondary N) is 2. The molecule has 0 aliphatic heterocycles. The van der Waals surface area contributed by atoms with E-state index in [-0.39, 0.29) is 0 Å². The minimum absolute atomic E-state index is 0.465. The predicted octanol–water partition coefficient (Wildman–Crippen LogP) is 6.95. The molecule has 126 valence electrons. The third-order valence-corrected chi connectivity index (χ3v) is 5.04. The Morgan fingerprint density at radius 2 is 1.48 bits per heavy atom. The van der Waals surface area contributed by atoms with Crippen LogP contribution < -0.4 is 10.6 Å². The molecule has 0 fully saturated rings. The lowest BCUT2D eigenvalue weighted by Crippen LogP contribution is -2.19. The number of anilines is 2. The van der Waals surface area contributed by atoms with Crippen LogP contribution in [0.3, 0.4) is 0 Å². The standard InChI is InChI=1S/C19H14Cl2N2S2/c20-13-6-11-18(17(21)12-13)23-19(24)22-14-7-9-16(10-8-14)25-15-4-2-1-3-5-15/h1-12H,(H2,22,23,24). The molecule has 0 unspecified atom stereocenters. The van der Waals surface area contributed by atoms with E-state index in [0.29, 0.717) is 20.8 Å². The Balaban J connectivity index is 1.60. The van der Waals surface area contributed by atoms with Crippen molar-refractivity contribution in [2.24, 2.45) is 0 Å². The zero-order valence-corrected chi connectivity index (χ0v) is 16.1. The molecule has 0 aromatic heterocycles. The Bertz CT molecular complexity index is 868. The van der Waals surface area contributed by atoms with Gasteiger partial charge >= 0.3 is 0 Å². The summed E-state index contributed by atoms with van der Waals surface area (Å²) in [5.41, 5.74) is 1.61. The Hall–Kier alpha value is -1.72. The van der Waals surface area contributed by atoms with Crippen molar-refractivity contribution < 1.29 is 0 Å². The van der Waals surface area contributed by atoms with Crippen molar-refractivity contribution in [3.63, 3.8) is 0 Å². The summed E-state index contributed by atoms with van der Waals surface area (Å²) in [7, 11) is 0. The number of rotatable bonds is 4. The molecule has 0 aliphatic rings. The summed E-state index contributed by atoms with van der Waals surface area (Å²) < 4.78 is 0. The third kappa shape index (κ3) is 5.38. The van der Waals surface area contributed by atoms with E-state index in [1.165, 1.54) is 4.90 Å². The Morgan fingerprint density at radius 1 is 0.800 bits per heavy atom. The SMILES string of the molecule is S=C(Nc1ccc(Sc2ccccc2)cc1)Nc1ccc(Cl)cc1Cl. The first kappa shape index (κ1) is 18.1. The van der Waals surface area contributed by atoms with E-state index in [2.05, 4.69) is 34.9 Å². The molecular weight excluding hydrogens is 391 g/mol. The maximum absolute atomic E-state index is 6.14. The van der Waals surface area contributed by atoms with Crippen molar-refractivity contribution in [3.8, 4) is 0 Å². The van der Waals surface area contributed by atoms with Gasteiger partial charge in [0.1, 0.15) is 0 Å². The van der Waals surface area contributed by atoms with Gasteiger partial charge in [-0.25, -0.2) is 0 Å². The van der Waals surface area contributed by atoms with E-state index in [9.17, 15) is 0 Å². The normalized spacial score (nSPS) is 10.3. The Labute approximate surface area is 166 Å². The van der Waals surface area contributed by atoms with Crippen LogP contribution >= 0.6 is 47.2 Å². The average molecular weight is 405 g/mol. The molecule has 0 aliphatic carbocycles. The maximum atomic E-state index is 6.14. The highest BCUT2D eigenvalue weighted by atomic mass is 35.5. The predicted molar refractivity (Wildman–Crippen MR) is 113 cm³/mol. The van der Waals surface area contributed by atoms with Crippen molar-refractivity contribution >= 4 is 63.7 Å². The fraction of sp³-hybridized carbons (Fsp3) is 0. The summed E-state index contributed by atoms with van der Waals surface area (Å²) >= 11 is 19.1. The molecule has 0 bridgehead atoms. The lowest BCUT2D eigenvalue weighted by atomic mass is 10.3. The molecule has 0 atom stereocenters. The second-order valence-corrected chi connectivity index (χ2v) is 7.54.